The molecule has 0 fully saturated rings. The van der Waals surface area contributed by atoms with Gasteiger partial charge in [-0.05, 0) is 48.7 Å². The topological polar surface area (TPSA) is 80.7 Å². The Morgan fingerprint density at radius 3 is 2.76 bits per heavy atom. The van der Waals surface area contributed by atoms with Crippen LogP contribution in [0, 0.1) is 0 Å². The fourth-order valence-electron chi connectivity index (χ4n) is 1.89. The maximum absolute atomic E-state index is 8.77. The molecule has 6 heteroatoms. The van der Waals surface area contributed by atoms with Crippen LogP contribution in [0.5, 0.6) is 5.75 Å². The molecule has 0 aliphatic carbocycles. The minimum Gasteiger partial charge on any atom is -0.493 e. The quantitative estimate of drug-likeness (QED) is 0.283. The van der Waals surface area contributed by atoms with Crippen LogP contribution in [0.4, 0.5) is 0 Å². The number of nitrogens with zero attached hydrogens (tertiary/aromatic N) is 2. The first-order valence-corrected chi connectivity index (χ1v) is 6.87. The highest BCUT2D eigenvalue weighted by atomic mass is 35.5. The Bertz CT molecular complexity index is 618. The summed E-state index contributed by atoms with van der Waals surface area (Å²) >= 11 is 5.94. The minimum atomic E-state index is -0.00389. The van der Waals surface area contributed by atoms with Crippen molar-refractivity contribution in [2.75, 3.05) is 6.61 Å². The molecule has 21 heavy (non-hydrogen) atoms. The van der Waals surface area contributed by atoms with Gasteiger partial charge in [-0.15, -0.1) is 0 Å². The van der Waals surface area contributed by atoms with E-state index in [2.05, 4.69) is 10.1 Å². The normalized spacial score (nSPS) is 11.4. The van der Waals surface area contributed by atoms with Gasteiger partial charge in [0, 0.05) is 17.4 Å². The zero-order chi connectivity index (χ0) is 15.1. The molecular formula is C15H16ClN3O2. The summed E-state index contributed by atoms with van der Waals surface area (Å²) in [7, 11) is 0. The SMILES string of the molecule is NC(=NO)c1ccc(Cl)cc1OCCCc1ccncc1. The third-order valence-electron chi connectivity index (χ3n) is 2.94. The first-order valence-electron chi connectivity index (χ1n) is 6.50. The summed E-state index contributed by atoms with van der Waals surface area (Å²) < 4.78 is 5.69. The summed E-state index contributed by atoms with van der Waals surface area (Å²) in [5.74, 6) is 0.503. The molecule has 0 radical (unpaired) electrons. The largest absolute Gasteiger partial charge is 0.493 e. The van der Waals surface area contributed by atoms with Gasteiger partial charge in [-0.1, -0.05) is 16.8 Å². The van der Waals surface area contributed by atoms with Gasteiger partial charge in [0.2, 0.25) is 0 Å². The van der Waals surface area contributed by atoms with Crippen LogP contribution < -0.4 is 10.5 Å². The number of amidine groups is 1. The van der Waals surface area contributed by atoms with Crippen molar-refractivity contribution >= 4 is 17.4 Å². The third-order valence-corrected chi connectivity index (χ3v) is 3.18. The van der Waals surface area contributed by atoms with Crippen molar-refractivity contribution < 1.29 is 9.94 Å². The van der Waals surface area contributed by atoms with Gasteiger partial charge in [0.05, 0.1) is 12.2 Å². The van der Waals surface area contributed by atoms with Crippen molar-refractivity contribution in [1.29, 1.82) is 0 Å². The second-order valence-corrected chi connectivity index (χ2v) is 4.87. The van der Waals surface area contributed by atoms with Crippen LogP contribution in [0.25, 0.3) is 0 Å². The molecule has 1 aromatic carbocycles. The molecular weight excluding hydrogens is 290 g/mol. The molecule has 0 bridgehead atoms. The summed E-state index contributed by atoms with van der Waals surface area (Å²) in [4.78, 5) is 3.97. The summed E-state index contributed by atoms with van der Waals surface area (Å²) in [6, 6.07) is 8.93. The maximum Gasteiger partial charge on any atom is 0.173 e. The average Bonchev–Trinajstić information content (AvgIpc) is 2.52. The molecule has 0 saturated carbocycles. The molecule has 0 unspecified atom stereocenters. The van der Waals surface area contributed by atoms with Gasteiger partial charge in [0.25, 0.3) is 0 Å². The molecule has 5 nitrogen and oxygen atoms in total. The van der Waals surface area contributed by atoms with E-state index in [1.54, 1.807) is 30.6 Å². The number of aryl methyl sites for hydroxylation is 1. The van der Waals surface area contributed by atoms with E-state index in [9.17, 15) is 0 Å². The Balaban J connectivity index is 1.95. The Hall–Kier alpha value is -2.27. The second-order valence-electron chi connectivity index (χ2n) is 4.43. The van der Waals surface area contributed by atoms with Crippen LogP contribution >= 0.6 is 11.6 Å². The molecule has 0 aliphatic rings. The number of nitrogens with two attached hydrogens (primary N) is 1. The van der Waals surface area contributed by atoms with Crippen molar-refractivity contribution in [3.63, 3.8) is 0 Å². The molecule has 1 aromatic heterocycles. The number of hydrogen-bond donors (Lipinski definition) is 2. The third kappa shape index (κ3) is 4.36. The molecule has 0 spiro atoms. The second kappa shape index (κ2) is 7.50. The van der Waals surface area contributed by atoms with Crippen LogP contribution in [-0.2, 0) is 6.42 Å². The van der Waals surface area contributed by atoms with Crippen molar-refractivity contribution in [2.24, 2.45) is 10.9 Å². The molecule has 0 saturated heterocycles. The van der Waals surface area contributed by atoms with Crippen molar-refractivity contribution in [3.05, 3.63) is 58.9 Å². The van der Waals surface area contributed by atoms with E-state index in [4.69, 9.17) is 27.3 Å². The van der Waals surface area contributed by atoms with Crippen molar-refractivity contribution in [3.8, 4) is 5.75 Å². The Kier molecular flexibility index (Phi) is 5.40. The number of halogens is 1. The predicted octanol–water partition coefficient (Wildman–Crippen LogP) is 2.84. The zero-order valence-corrected chi connectivity index (χ0v) is 12.1. The fourth-order valence-corrected chi connectivity index (χ4v) is 2.05. The smallest absolute Gasteiger partial charge is 0.173 e. The molecule has 0 aliphatic heterocycles. The molecule has 1 heterocycles. The minimum absolute atomic E-state index is 0.00389. The standard InChI is InChI=1S/C15H16ClN3O2/c16-12-3-4-13(15(17)19-20)14(10-12)21-9-1-2-11-5-7-18-8-6-11/h3-8,10,20H,1-2,9H2,(H2,17,19). The lowest BCUT2D eigenvalue weighted by molar-refractivity contribution is 0.307. The van der Waals surface area contributed by atoms with E-state index < -0.39 is 0 Å². The van der Waals surface area contributed by atoms with Crippen molar-refractivity contribution in [1.82, 2.24) is 4.98 Å². The highest BCUT2D eigenvalue weighted by molar-refractivity contribution is 6.30. The first-order chi connectivity index (χ1) is 10.2. The van der Waals surface area contributed by atoms with Gasteiger partial charge in [-0.25, -0.2) is 0 Å². The Morgan fingerprint density at radius 2 is 2.05 bits per heavy atom. The van der Waals surface area contributed by atoms with Gasteiger partial charge in [-0.3, -0.25) is 4.98 Å². The summed E-state index contributed by atoms with van der Waals surface area (Å²) in [5.41, 5.74) is 7.33. The van der Waals surface area contributed by atoms with E-state index >= 15 is 0 Å². The average molecular weight is 306 g/mol. The molecule has 0 atom stereocenters. The number of ether oxygens (including phenoxy) is 1. The van der Waals surface area contributed by atoms with E-state index in [1.807, 2.05) is 12.1 Å². The highest BCUT2D eigenvalue weighted by Gasteiger charge is 2.09. The van der Waals surface area contributed by atoms with Crippen LogP contribution in [0.3, 0.4) is 0 Å². The maximum atomic E-state index is 8.77. The lowest BCUT2D eigenvalue weighted by Gasteiger charge is -2.11. The Morgan fingerprint density at radius 1 is 1.29 bits per heavy atom. The van der Waals surface area contributed by atoms with Gasteiger partial charge < -0.3 is 15.7 Å². The summed E-state index contributed by atoms with van der Waals surface area (Å²) in [6.07, 6.45) is 5.27. The predicted molar refractivity (Wildman–Crippen MR) is 82.0 cm³/mol. The highest BCUT2D eigenvalue weighted by Crippen LogP contribution is 2.23. The van der Waals surface area contributed by atoms with Gasteiger partial charge in [-0.2, -0.15) is 0 Å². The van der Waals surface area contributed by atoms with E-state index in [1.165, 1.54) is 5.56 Å². The van der Waals surface area contributed by atoms with E-state index in [0.717, 1.165) is 12.8 Å². The number of hydrogen-bond acceptors (Lipinski definition) is 4. The van der Waals surface area contributed by atoms with E-state index in [0.29, 0.717) is 22.9 Å². The molecule has 2 aromatic rings. The first kappa shape index (κ1) is 15.1. The molecule has 110 valence electrons. The van der Waals surface area contributed by atoms with E-state index in [-0.39, 0.29) is 5.84 Å². The van der Waals surface area contributed by atoms with Crippen LogP contribution in [0.1, 0.15) is 17.5 Å². The zero-order valence-electron chi connectivity index (χ0n) is 11.4. The molecule has 2 rings (SSSR count). The molecule has 3 N–H and O–H groups in total. The summed E-state index contributed by atoms with van der Waals surface area (Å²) in [5, 5.41) is 12.3. The lowest BCUT2D eigenvalue weighted by atomic mass is 10.1. The van der Waals surface area contributed by atoms with Crippen molar-refractivity contribution in [2.45, 2.75) is 12.8 Å². The fraction of sp³-hybridized carbons (Fsp3) is 0.200. The summed E-state index contributed by atoms with van der Waals surface area (Å²) in [6.45, 7) is 0.508. The Labute approximate surface area is 128 Å². The number of rotatable bonds is 6. The van der Waals surface area contributed by atoms with Gasteiger partial charge in [0.15, 0.2) is 5.84 Å². The molecule has 0 amide bonds. The number of oxime groups is 1. The number of aromatic nitrogens is 1. The lowest BCUT2D eigenvalue weighted by Crippen LogP contribution is -2.15. The monoisotopic (exact) mass is 305 g/mol. The number of benzene rings is 1. The van der Waals surface area contributed by atoms with Gasteiger partial charge >= 0.3 is 0 Å². The number of pyridine rings is 1. The van der Waals surface area contributed by atoms with Crippen LogP contribution in [0.15, 0.2) is 47.9 Å². The van der Waals surface area contributed by atoms with Gasteiger partial charge in [0.1, 0.15) is 5.75 Å². The van der Waals surface area contributed by atoms with Crippen LogP contribution in [-0.4, -0.2) is 22.6 Å². The van der Waals surface area contributed by atoms with Crippen LogP contribution in [0.2, 0.25) is 5.02 Å².